The van der Waals surface area contributed by atoms with Gasteiger partial charge in [0.25, 0.3) is 0 Å². The maximum atomic E-state index is 13.0. The number of hydrogen-bond acceptors (Lipinski definition) is 4. The molecule has 112 valence electrons. The van der Waals surface area contributed by atoms with Crippen molar-refractivity contribution in [3.05, 3.63) is 48.8 Å². The van der Waals surface area contributed by atoms with E-state index in [9.17, 15) is 14.3 Å². The van der Waals surface area contributed by atoms with Gasteiger partial charge in [0.05, 0.1) is 12.4 Å². The molecule has 6 heteroatoms. The Morgan fingerprint density at radius 3 is 2.71 bits per heavy atom. The predicted molar refractivity (Wildman–Crippen MR) is 74.0 cm³/mol. The van der Waals surface area contributed by atoms with E-state index in [0.717, 1.165) is 12.3 Å². The third kappa shape index (κ3) is 3.88. The lowest BCUT2D eigenvalue weighted by Crippen LogP contribution is -2.41. The lowest BCUT2D eigenvalue weighted by atomic mass is 9.86. The lowest BCUT2D eigenvalue weighted by Gasteiger charge is -2.29. The number of halogens is 1. The molecule has 1 N–H and O–H groups in total. The molecular weight excluding hydrogens is 275 g/mol. The number of ether oxygens (including phenoxy) is 1. The van der Waals surface area contributed by atoms with Crippen molar-refractivity contribution < 1.29 is 19.0 Å². The second-order valence-corrected chi connectivity index (χ2v) is 5.51. The minimum Gasteiger partial charge on any atom is -0.423 e. The van der Waals surface area contributed by atoms with E-state index in [1.165, 1.54) is 6.20 Å². The molecule has 21 heavy (non-hydrogen) atoms. The van der Waals surface area contributed by atoms with Crippen LogP contribution >= 0.6 is 0 Å². The molecule has 0 radical (unpaired) electrons. The van der Waals surface area contributed by atoms with Gasteiger partial charge in [0.2, 0.25) is 0 Å². The molecule has 2 aromatic rings. The highest BCUT2D eigenvalue weighted by Crippen LogP contribution is 2.25. The molecule has 2 heterocycles. The summed E-state index contributed by atoms with van der Waals surface area (Å²) in [4.78, 5) is 15.5. The van der Waals surface area contributed by atoms with Crippen molar-refractivity contribution in [2.75, 3.05) is 0 Å². The van der Waals surface area contributed by atoms with Crippen molar-refractivity contribution in [1.29, 1.82) is 0 Å². The molecule has 1 unspecified atom stereocenters. The van der Waals surface area contributed by atoms with E-state index in [2.05, 4.69) is 4.98 Å². The van der Waals surface area contributed by atoms with Crippen molar-refractivity contribution in [1.82, 2.24) is 9.55 Å². The molecule has 2 aromatic heterocycles. The first-order valence-corrected chi connectivity index (χ1v) is 6.49. The van der Waals surface area contributed by atoms with Gasteiger partial charge in [-0.3, -0.25) is 4.98 Å². The average molecular weight is 292 g/mol. The molecule has 0 aliphatic carbocycles. The van der Waals surface area contributed by atoms with Crippen molar-refractivity contribution in [2.24, 2.45) is 5.41 Å². The first-order valence-electron chi connectivity index (χ1n) is 6.49. The summed E-state index contributed by atoms with van der Waals surface area (Å²) in [5, 5.41) is 10.2. The van der Waals surface area contributed by atoms with E-state index >= 15 is 0 Å². The molecular formula is C15H17FN2O3. The van der Waals surface area contributed by atoms with E-state index in [4.69, 9.17) is 4.74 Å². The van der Waals surface area contributed by atoms with Crippen molar-refractivity contribution >= 4 is 5.97 Å². The Kier molecular flexibility index (Phi) is 4.37. The summed E-state index contributed by atoms with van der Waals surface area (Å²) in [5.74, 6) is -1.48. The Labute approximate surface area is 122 Å². The highest BCUT2D eigenvalue weighted by molar-refractivity contribution is 5.77. The molecule has 0 saturated carbocycles. The van der Waals surface area contributed by atoms with Gasteiger partial charge in [-0.2, -0.15) is 0 Å². The molecule has 2 rings (SSSR count). The fourth-order valence-corrected chi connectivity index (χ4v) is 1.97. The van der Waals surface area contributed by atoms with Gasteiger partial charge in [0.15, 0.2) is 11.9 Å². The van der Waals surface area contributed by atoms with Gasteiger partial charge in [0, 0.05) is 30.4 Å². The molecule has 1 atom stereocenters. The van der Waals surface area contributed by atoms with Gasteiger partial charge in [-0.15, -0.1) is 0 Å². The molecule has 0 amide bonds. The number of aliphatic hydroxyl groups excluding tert-OH is 1. The Morgan fingerprint density at radius 1 is 1.43 bits per heavy atom. The molecule has 5 nitrogen and oxygen atoms in total. The number of aliphatic hydroxyl groups is 1. The third-order valence-electron chi connectivity index (χ3n) is 3.12. The van der Waals surface area contributed by atoms with Crippen LogP contribution in [0.3, 0.4) is 0 Å². The number of carbonyl (C=O) groups excluding carboxylic acids is 1. The summed E-state index contributed by atoms with van der Waals surface area (Å²) in [5.41, 5.74) is -0.739. The smallest absolute Gasteiger partial charge is 0.341 e. The monoisotopic (exact) mass is 292 g/mol. The molecule has 0 fully saturated rings. The number of hydrogen-bond donors (Lipinski definition) is 1. The summed E-state index contributed by atoms with van der Waals surface area (Å²) in [6.45, 7) is 3.95. The molecule has 0 aromatic carbocycles. The Balaban J connectivity index is 2.04. The van der Waals surface area contributed by atoms with Crippen LogP contribution in [0.2, 0.25) is 0 Å². The summed E-state index contributed by atoms with van der Waals surface area (Å²) in [6, 6.07) is 4.76. The van der Waals surface area contributed by atoms with Crippen LogP contribution in [0, 0.1) is 11.2 Å². The minimum atomic E-state index is -1.34. The van der Waals surface area contributed by atoms with Crippen molar-refractivity contribution in [2.45, 2.75) is 26.5 Å². The molecule has 0 spiro atoms. The summed E-state index contributed by atoms with van der Waals surface area (Å²) in [7, 11) is 0. The van der Waals surface area contributed by atoms with Crippen LogP contribution in [0.1, 0.15) is 13.8 Å². The molecule has 0 bridgehead atoms. The van der Waals surface area contributed by atoms with Crippen LogP contribution in [0.4, 0.5) is 4.39 Å². The Morgan fingerprint density at radius 2 is 2.10 bits per heavy atom. The number of esters is 1. The maximum absolute atomic E-state index is 13.0. The van der Waals surface area contributed by atoms with Crippen molar-refractivity contribution in [3.63, 3.8) is 0 Å². The molecule has 0 aliphatic rings. The highest BCUT2D eigenvalue weighted by Gasteiger charge is 2.35. The largest absolute Gasteiger partial charge is 0.423 e. The number of pyridine rings is 1. The van der Waals surface area contributed by atoms with E-state index < -0.39 is 23.3 Å². The minimum absolute atomic E-state index is 0.0317. The van der Waals surface area contributed by atoms with Crippen LogP contribution in [0.25, 0.3) is 0 Å². The van der Waals surface area contributed by atoms with Crippen LogP contribution in [0.5, 0.6) is 5.75 Å². The van der Waals surface area contributed by atoms with Crippen molar-refractivity contribution in [3.8, 4) is 5.75 Å². The van der Waals surface area contributed by atoms with Crippen LogP contribution in [0.15, 0.2) is 43.0 Å². The normalized spacial score (nSPS) is 13.0. The summed E-state index contributed by atoms with van der Waals surface area (Å²) in [6.07, 6.45) is 4.56. The zero-order valence-electron chi connectivity index (χ0n) is 11.9. The first kappa shape index (κ1) is 15.2. The van der Waals surface area contributed by atoms with Gasteiger partial charge >= 0.3 is 5.97 Å². The Hall–Kier alpha value is -2.21. The maximum Gasteiger partial charge on any atom is 0.341 e. The zero-order valence-corrected chi connectivity index (χ0v) is 11.9. The number of aromatic nitrogens is 2. The van der Waals surface area contributed by atoms with Gasteiger partial charge in [-0.25, -0.2) is 9.18 Å². The second-order valence-electron chi connectivity index (χ2n) is 5.51. The lowest BCUT2D eigenvalue weighted by molar-refractivity contribution is -0.150. The number of rotatable bonds is 5. The van der Waals surface area contributed by atoms with E-state index in [1.807, 2.05) is 29.1 Å². The second kappa shape index (κ2) is 6.05. The predicted octanol–water partition coefficient (Wildman–Crippen LogP) is 2.01. The SMILES string of the molecule is CC(C)(Cn1cccc1)C(O)C(=O)Oc1cncc(F)c1. The fourth-order valence-electron chi connectivity index (χ4n) is 1.97. The van der Waals surface area contributed by atoms with Gasteiger partial charge in [0.1, 0.15) is 5.82 Å². The zero-order chi connectivity index (χ0) is 15.5. The van der Waals surface area contributed by atoms with Crippen LogP contribution in [-0.4, -0.2) is 26.7 Å². The van der Waals surface area contributed by atoms with Crippen LogP contribution in [-0.2, 0) is 11.3 Å². The number of nitrogens with zero attached hydrogens (tertiary/aromatic N) is 2. The number of carbonyl (C=O) groups is 1. The molecule has 0 saturated heterocycles. The van der Waals surface area contributed by atoms with E-state index in [1.54, 1.807) is 13.8 Å². The van der Waals surface area contributed by atoms with Gasteiger partial charge < -0.3 is 14.4 Å². The Bertz CT molecular complexity index is 611. The van der Waals surface area contributed by atoms with E-state index in [0.29, 0.717) is 6.54 Å². The average Bonchev–Trinajstić information content (AvgIpc) is 2.89. The van der Waals surface area contributed by atoms with E-state index in [-0.39, 0.29) is 5.75 Å². The van der Waals surface area contributed by atoms with Gasteiger partial charge in [-0.05, 0) is 12.1 Å². The third-order valence-corrected chi connectivity index (χ3v) is 3.12. The summed E-state index contributed by atoms with van der Waals surface area (Å²) >= 11 is 0. The standard InChI is InChI=1S/C15H17FN2O3/c1-15(2,10-18-5-3-4-6-18)13(19)14(20)21-12-7-11(16)8-17-9-12/h3-9,13,19H,10H2,1-2H3. The summed E-state index contributed by atoms with van der Waals surface area (Å²) < 4.78 is 19.8. The molecule has 0 aliphatic heterocycles. The highest BCUT2D eigenvalue weighted by atomic mass is 19.1. The van der Waals surface area contributed by atoms with Crippen LogP contribution < -0.4 is 4.74 Å². The quantitative estimate of drug-likeness (QED) is 0.856. The van der Waals surface area contributed by atoms with Gasteiger partial charge in [-0.1, -0.05) is 13.8 Å². The topological polar surface area (TPSA) is 64.4 Å². The first-order chi connectivity index (χ1) is 9.88. The fraction of sp³-hybridized carbons (Fsp3) is 0.333.